The van der Waals surface area contributed by atoms with E-state index in [2.05, 4.69) is 5.48 Å². The van der Waals surface area contributed by atoms with Gasteiger partial charge in [0.15, 0.2) is 0 Å². The van der Waals surface area contributed by atoms with E-state index in [0.29, 0.717) is 31.2 Å². The van der Waals surface area contributed by atoms with Crippen molar-refractivity contribution in [2.45, 2.75) is 32.2 Å². The third kappa shape index (κ3) is 2.29. The average molecular weight is 298 g/mol. The van der Waals surface area contributed by atoms with E-state index in [1.807, 2.05) is 0 Å². The first-order valence-corrected chi connectivity index (χ1v) is 7.10. The first kappa shape index (κ1) is 13.5. The Hall–Kier alpha value is -1.53. The molecule has 1 saturated carbocycles. The van der Waals surface area contributed by atoms with Crippen LogP contribution < -0.4 is 16.8 Å². The molecule has 108 valence electrons. The van der Waals surface area contributed by atoms with Gasteiger partial charge in [0, 0.05) is 12.2 Å². The minimum absolute atomic E-state index is 0.0392. The molecule has 1 aliphatic heterocycles. The van der Waals surface area contributed by atoms with Crippen molar-refractivity contribution in [2.75, 3.05) is 12.3 Å². The van der Waals surface area contributed by atoms with Gasteiger partial charge in [-0.25, -0.2) is 5.48 Å². The number of amides is 1. The normalized spacial score (nSPS) is 17.1. The Balaban J connectivity index is 1.87. The van der Waals surface area contributed by atoms with Gasteiger partial charge >= 0.3 is 0 Å². The zero-order valence-corrected chi connectivity index (χ0v) is 11.7. The quantitative estimate of drug-likeness (QED) is 0.815. The molecule has 0 aromatic carbocycles. The molecule has 0 saturated heterocycles. The second-order valence-electron chi connectivity index (χ2n) is 5.30. The smallest absolute Gasteiger partial charge is 0.278 e. The zero-order valence-electron chi connectivity index (χ0n) is 10.9. The SMILES string of the molecule is Nc1c(C(=O)NOCC2CC2)c2n(c(=O)c1Cl)CCC2. The number of hydrogen-bond acceptors (Lipinski definition) is 4. The highest BCUT2D eigenvalue weighted by molar-refractivity contribution is 6.33. The number of carbonyl (C=O) groups is 1. The molecule has 6 nitrogen and oxygen atoms in total. The number of hydrogen-bond donors (Lipinski definition) is 2. The molecule has 0 bridgehead atoms. The topological polar surface area (TPSA) is 86.3 Å². The highest BCUT2D eigenvalue weighted by Crippen LogP contribution is 2.29. The number of nitrogens with two attached hydrogens (primary N) is 1. The molecule has 2 heterocycles. The van der Waals surface area contributed by atoms with Crippen LogP contribution in [-0.4, -0.2) is 17.1 Å². The molecular formula is C13H16ClN3O3. The summed E-state index contributed by atoms with van der Waals surface area (Å²) in [7, 11) is 0. The summed E-state index contributed by atoms with van der Waals surface area (Å²) in [5.41, 5.74) is 8.86. The Morgan fingerprint density at radius 3 is 2.95 bits per heavy atom. The van der Waals surface area contributed by atoms with Crippen molar-refractivity contribution in [2.24, 2.45) is 5.92 Å². The van der Waals surface area contributed by atoms with Crippen LogP contribution in [0.3, 0.4) is 0 Å². The van der Waals surface area contributed by atoms with E-state index in [9.17, 15) is 9.59 Å². The van der Waals surface area contributed by atoms with E-state index in [1.54, 1.807) is 0 Å². The summed E-state index contributed by atoms with van der Waals surface area (Å²) >= 11 is 5.93. The van der Waals surface area contributed by atoms with E-state index < -0.39 is 5.91 Å². The van der Waals surface area contributed by atoms with E-state index >= 15 is 0 Å². The van der Waals surface area contributed by atoms with Crippen molar-refractivity contribution in [1.82, 2.24) is 10.0 Å². The van der Waals surface area contributed by atoms with Crippen molar-refractivity contribution >= 4 is 23.2 Å². The minimum atomic E-state index is -0.435. The molecule has 1 aromatic heterocycles. The molecule has 3 N–H and O–H groups in total. The number of halogens is 1. The van der Waals surface area contributed by atoms with Crippen molar-refractivity contribution in [1.29, 1.82) is 0 Å². The fraction of sp³-hybridized carbons (Fsp3) is 0.538. The number of rotatable bonds is 4. The lowest BCUT2D eigenvalue weighted by molar-refractivity contribution is 0.0270. The van der Waals surface area contributed by atoms with Gasteiger partial charge in [0.2, 0.25) is 0 Å². The van der Waals surface area contributed by atoms with Crippen LogP contribution in [-0.2, 0) is 17.8 Å². The molecule has 0 radical (unpaired) electrons. The second kappa shape index (κ2) is 5.10. The summed E-state index contributed by atoms with van der Waals surface area (Å²) in [6.45, 7) is 1.08. The second-order valence-corrected chi connectivity index (χ2v) is 5.67. The molecule has 1 fully saturated rings. The molecule has 0 spiro atoms. The van der Waals surface area contributed by atoms with Crippen molar-refractivity contribution in [3.8, 4) is 0 Å². The lowest BCUT2D eigenvalue weighted by Gasteiger charge is -2.14. The monoisotopic (exact) mass is 297 g/mol. The van der Waals surface area contributed by atoms with Gasteiger partial charge in [-0.15, -0.1) is 0 Å². The van der Waals surface area contributed by atoms with Crippen LogP contribution in [0.4, 0.5) is 5.69 Å². The van der Waals surface area contributed by atoms with Crippen LogP contribution in [0.2, 0.25) is 5.02 Å². The Kier molecular flexibility index (Phi) is 3.43. The fourth-order valence-corrected chi connectivity index (χ4v) is 2.67. The molecule has 0 atom stereocenters. The molecular weight excluding hydrogens is 282 g/mol. The number of hydroxylamine groups is 1. The van der Waals surface area contributed by atoms with Gasteiger partial charge in [0.05, 0.1) is 17.9 Å². The lowest BCUT2D eigenvalue weighted by Crippen LogP contribution is -2.31. The van der Waals surface area contributed by atoms with Crippen LogP contribution in [0.25, 0.3) is 0 Å². The van der Waals surface area contributed by atoms with Gasteiger partial charge < -0.3 is 10.3 Å². The summed E-state index contributed by atoms with van der Waals surface area (Å²) < 4.78 is 1.52. The summed E-state index contributed by atoms with van der Waals surface area (Å²) in [5.74, 6) is 0.107. The number of pyridine rings is 1. The number of nitrogens with one attached hydrogen (secondary N) is 1. The van der Waals surface area contributed by atoms with Crippen LogP contribution in [0, 0.1) is 5.92 Å². The molecule has 2 aliphatic rings. The maximum absolute atomic E-state index is 12.2. The molecule has 7 heteroatoms. The van der Waals surface area contributed by atoms with Crippen molar-refractivity contribution in [3.63, 3.8) is 0 Å². The summed E-state index contributed by atoms with van der Waals surface area (Å²) in [6, 6.07) is 0. The summed E-state index contributed by atoms with van der Waals surface area (Å²) in [5, 5.41) is -0.0945. The predicted octanol–water partition coefficient (Wildman–Crippen LogP) is 1.10. The molecule has 1 aromatic rings. The number of anilines is 1. The largest absolute Gasteiger partial charge is 0.397 e. The van der Waals surface area contributed by atoms with E-state index in [1.165, 1.54) is 4.57 Å². The number of carbonyl (C=O) groups excluding carboxylic acids is 1. The van der Waals surface area contributed by atoms with Crippen LogP contribution in [0.5, 0.6) is 0 Å². The molecule has 3 rings (SSSR count). The molecule has 0 unspecified atom stereocenters. The van der Waals surface area contributed by atoms with Gasteiger partial charge in [-0.2, -0.15) is 0 Å². The third-order valence-corrected chi connectivity index (χ3v) is 4.12. The maximum atomic E-state index is 12.2. The van der Waals surface area contributed by atoms with E-state index in [0.717, 1.165) is 19.3 Å². The Morgan fingerprint density at radius 1 is 1.50 bits per heavy atom. The number of fused-ring (bicyclic) bond motifs is 1. The standard InChI is InChI=1S/C13H16ClN3O3/c14-10-11(15)9(8-2-1-5-17(8)13(10)19)12(18)16-20-6-7-3-4-7/h7H,1-6,15H2,(H,16,18). The van der Waals surface area contributed by atoms with E-state index in [4.69, 9.17) is 22.2 Å². The Morgan fingerprint density at radius 2 is 2.25 bits per heavy atom. The zero-order chi connectivity index (χ0) is 14.3. The molecule has 20 heavy (non-hydrogen) atoms. The van der Waals surface area contributed by atoms with Crippen molar-refractivity contribution < 1.29 is 9.63 Å². The highest BCUT2D eigenvalue weighted by atomic mass is 35.5. The van der Waals surface area contributed by atoms with Crippen molar-refractivity contribution in [3.05, 3.63) is 26.6 Å². The van der Waals surface area contributed by atoms with Gasteiger partial charge in [0.25, 0.3) is 11.5 Å². The highest BCUT2D eigenvalue weighted by Gasteiger charge is 2.27. The average Bonchev–Trinajstić information content (AvgIpc) is 3.12. The Bertz CT molecular complexity index is 622. The minimum Gasteiger partial charge on any atom is -0.397 e. The fourth-order valence-electron chi connectivity index (χ4n) is 2.47. The number of nitrogen functional groups attached to an aromatic ring is 1. The van der Waals surface area contributed by atoms with Crippen LogP contribution in [0.1, 0.15) is 35.3 Å². The van der Waals surface area contributed by atoms with Crippen LogP contribution >= 0.6 is 11.6 Å². The van der Waals surface area contributed by atoms with Gasteiger partial charge in [0.1, 0.15) is 5.02 Å². The summed E-state index contributed by atoms with van der Waals surface area (Å²) in [6.07, 6.45) is 3.72. The first-order valence-electron chi connectivity index (χ1n) is 6.72. The summed E-state index contributed by atoms with van der Waals surface area (Å²) in [4.78, 5) is 29.3. The third-order valence-electron chi connectivity index (χ3n) is 3.76. The number of aromatic nitrogens is 1. The van der Waals surface area contributed by atoms with Gasteiger partial charge in [-0.1, -0.05) is 11.6 Å². The molecule has 1 amide bonds. The maximum Gasteiger partial charge on any atom is 0.278 e. The first-order chi connectivity index (χ1) is 9.59. The molecule has 1 aliphatic carbocycles. The Labute approximate surface area is 120 Å². The van der Waals surface area contributed by atoms with Gasteiger partial charge in [-0.05, 0) is 31.6 Å². The predicted molar refractivity (Wildman–Crippen MR) is 74.6 cm³/mol. The lowest BCUT2D eigenvalue weighted by atomic mass is 10.1. The van der Waals surface area contributed by atoms with Gasteiger partial charge in [-0.3, -0.25) is 14.4 Å². The van der Waals surface area contributed by atoms with Crippen LogP contribution in [0.15, 0.2) is 4.79 Å². The number of nitrogens with zero attached hydrogens (tertiary/aromatic N) is 1. The van der Waals surface area contributed by atoms with E-state index in [-0.39, 0.29) is 21.8 Å².